The zero-order valence-corrected chi connectivity index (χ0v) is 13.3. The lowest BCUT2D eigenvalue weighted by molar-refractivity contribution is 0.0951. The molecule has 118 valence electrons. The molecule has 1 aromatic rings. The quantitative estimate of drug-likeness (QED) is 0.772. The van der Waals surface area contributed by atoms with E-state index in [2.05, 4.69) is 13.8 Å². The minimum absolute atomic E-state index is 0.0322. The number of hydrogen-bond acceptors (Lipinski definition) is 3. The first-order valence-electron chi connectivity index (χ1n) is 8.21. The largest absolute Gasteiger partial charge is 0.493 e. The van der Waals surface area contributed by atoms with Crippen molar-refractivity contribution in [3.05, 3.63) is 29.8 Å². The standard InChI is InChI=1S/C18H29NO2/c1-13(2)12-21-16-8-6-15(7-9-16)17(11-19)18(20)10-14-4-3-5-14/h6-9,13-14,17-18,20H,3-5,10-12,19H2,1-2H3. The Hall–Kier alpha value is -1.06. The van der Waals surface area contributed by atoms with Gasteiger partial charge in [-0.3, -0.25) is 0 Å². The van der Waals surface area contributed by atoms with Crippen molar-refractivity contribution in [3.63, 3.8) is 0 Å². The van der Waals surface area contributed by atoms with Crippen LogP contribution in [0.1, 0.15) is 51.0 Å². The Morgan fingerprint density at radius 2 is 1.90 bits per heavy atom. The van der Waals surface area contributed by atoms with Gasteiger partial charge in [-0.1, -0.05) is 45.2 Å². The molecule has 0 spiro atoms. The lowest BCUT2D eigenvalue weighted by Crippen LogP contribution is -2.29. The number of hydrogen-bond donors (Lipinski definition) is 2. The van der Waals surface area contributed by atoms with Gasteiger partial charge < -0.3 is 15.6 Å². The maximum atomic E-state index is 10.4. The SMILES string of the molecule is CC(C)COc1ccc(C(CN)C(O)CC2CCC2)cc1. The summed E-state index contributed by atoms with van der Waals surface area (Å²) in [5.41, 5.74) is 7.00. The van der Waals surface area contributed by atoms with Gasteiger partial charge in [-0.15, -0.1) is 0 Å². The summed E-state index contributed by atoms with van der Waals surface area (Å²) in [7, 11) is 0. The van der Waals surface area contributed by atoms with Gasteiger partial charge in [-0.2, -0.15) is 0 Å². The normalized spacial score (nSPS) is 18.3. The lowest BCUT2D eigenvalue weighted by atomic mass is 9.78. The van der Waals surface area contributed by atoms with Crippen molar-refractivity contribution >= 4 is 0 Å². The molecule has 0 radical (unpaired) electrons. The average Bonchev–Trinajstić information content (AvgIpc) is 2.43. The highest BCUT2D eigenvalue weighted by molar-refractivity contribution is 5.30. The van der Waals surface area contributed by atoms with E-state index >= 15 is 0 Å². The van der Waals surface area contributed by atoms with Gasteiger partial charge in [-0.05, 0) is 36.0 Å². The molecule has 2 atom stereocenters. The molecule has 1 fully saturated rings. The van der Waals surface area contributed by atoms with Crippen molar-refractivity contribution < 1.29 is 9.84 Å². The summed E-state index contributed by atoms with van der Waals surface area (Å²) in [5.74, 6) is 2.13. The fourth-order valence-electron chi connectivity index (χ4n) is 2.82. The minimum Gasteiger partial charge on any atom is -0.493 e. The van der Waals surface area contributed by atoms with Crippen molar-refractivity contribution in [3.8, 4) is 5.75 Å². The van der Waals surface area contributed by atoms with Crippen LogP contribution in [0.25, 0.3) is 0 Å². The van der Waals surface area contributed by atoms with Crippen LogP contribution >= 0.6 is 0 Å². The zero-order valence-electron chi connectivity index (χ0n) is 13.3. The van der Waals surface area contributed by atoms with Crippen LogP contribution in [0.3, 0.4) is 0 Å². The van der Waals surface area contributed by atoms with Crippen LogP contribution in [0, 0.1) is 11.8 Å². The Morgan fingerprint density at radius 1 is 1.24 bits per heavy atom. The van der Waals surface area contributed by atoms with Crippen molar-refractivity contribution in [2.75, 3.05) is 13.2 Å². The van der Waals surface area contributed by atoms with Crippen molar-refractivity contribution in [2.24, 2.45) is 17.6 Å². The van der Waals surface area contributed by atoms with Crippen LogP contribution < -0.4 is 10.5 Å². The molecule has 0 saturated heterocycles. The van der Waals surface area contributed by atoms with Crippen LogP contribution in [0.4, 0.5) is 0 Å². The summed E-state index contributed by atoms with van der Waals surface area (Å²) in [6.45, 7) is 5.48. The summed E-state index contributed by atoms with van der Waals surface area (Å²) in [4.78, 5) is 0. The second kappa shape index (κ2) is 7.81. The van der Waals surface area contributed by atoms with E-state index in [0.717, 1.165) is 24.3 Å². The van der Waals surface area contributed by atoms with Crippen LogP contribution in [-0.4, -0.2) is 24.4 Å². The number of aliphatic hydroxyl groups is 1. The summed E-state index contributed by atoms with van der Waals surface area (Å²) < 4.78 is 5.69. The van der Waals surface area contributed by atoms with Gasteiger partial charge in [-0.25, -0.2) is 0 Å². The third kappa shape index (κ3) is 4.72. The molecule has 3 nitrogen and oxygen atoms in total. The Kier molecular flexibility index (Phi) is 6.07. The highest BCUT2D eigenvalue weighted by Crippen LogP contribution is 2.34. The van der Waals surface area contributed by atoms with Gasteiger partial charge >= 0.3 is 0 Å². The molecule has 0 amide bonds. The Bertz CT molecular complexity index is 412. The predicted octanol–water partition coefficient (Wildman–Crippen LogP) is 3.31. The summed E-state index contributed by atoms with van der Waals surface area (Å²) in [6.07, 6.45) is 4.38. The molecule has 0 heterocycles. The fraction of sp³-hybridized carbons (Fsp3) is 0.667. The molecule has 0 aliphatic heterocycles. The van der Waals surface area contributed by atoms with E-state index in [-0.39, 0.29) is 12.0 Å². The van der Waals surface area contributed by atoms with Crippen molar-refractivity contribution in [2.45, 2.75) is 51.6 Å². The number of ether oxygens (including phenoxy) is 1. The van der Waals surface area contributed by atoms with Crippen molar-refractivity contribution in [1.82, 2.24) is 0 Å². The first-order valence-corrected chi connectivity index (χ1v) is 8.21. The number of nitrogens with two attached hydrogens (primary N) is 1. The van der Waals surface area contributed by atoms with Crippen molar-refractivity contribution in [1.29, 1.82) is 0 Å². The molecule has 21 heavy (non-hydrogen) atoms. The van der Waals surface area contributed by atoms with E-state index in [9.17, 15) is 5.11 Å². The van der Waals surface area contributed by atoms with Gasteiger partial charge in [0.1, 0.15) is 5.75 Å². The zero-order chi connectivity index (χ0) is 15.2. The number of rotatable bonds is 8. The van der Waals surface area contributed by atoms with Gasteiger partial charge in [0, 0.05) is 12.5 Å². The van der Waals surface area contributed by atoms with Gasteiger partial charge in [0.15, 0.2) is 0 Å². The summed E-state index contributed by atoms with van der Waals surface area (Å²) in [5, 5.41) is 10.4. The first kappa shape index (κ1) is 16.3. The Morgan fingerprint density at radius 3 is 2.38 bits per heavy atom. The smallest absolute Gasteiger partial charge is 0.119 e. The van der Waals surface area contributed by atoms with Crippen LogP contribution in [0.2, 0.25) is 0 Å². The Labute approximate surface area is 128 Å². The molecule has 1 aliphatic rings. The van der Waals surface area contributed by atoms with E-state index in [1.807, 2.05) is 24.3 Å². The number of benzene rings is 1. The van der Waals surface area contributed by atoms with Gasteiger partial charge in [0.05, 0.1) is 12.7 Å². The Balaban J connectivity index is 1.93. The van der Waals surface area contributed by atoms with Crippen LogP contribution in [-0.2, 0) is 0 Å². The van der Waals surface area contributed by atoms with E-state index in [1.165, 1.54) is 19.3 Å². The van der Waals surface area contributed by atoms with Gasteiger partial charge in [0.2, 0.25) is 0 Å². The van der Waals surface area contributed by atoms with E-state index < -0.39 is 0 Å². The maximum Gasteiger partial charge on any atom is 0.119 e. The van der Waals surface area contributed by atoms with E-state index in [1.54, 1.807) is 0 Å². The summed E-state index contributed by atoms with van der Waals surface area (Å²) in [6, 6.07) is 8.04. The molecule has 1 aliphatic carbocycles. The maximum absolute atomic E-state index is 10.4. The molecule has 3 heteroatoms. The molecule has 0 aromatic heterocycles. The lowest BCUT2D eigenvalue weighted by Gasteiger charge is -2.31. The van der Waals surface area contributed by atoms with E-state index in [4.69, 9.17) is 10.5 Å². The molecule has 1 aromatic carbocycles. The topological polar surface area (TPSA) is 55.5 Å². The van der Waals surface area contributed by atoms with Crippen LogP contribution in [0.5, 0.6) is 5.75 Å². The predicted molar refractivity (Wildman–Crippen MR) is 86.5 cm³/mol. The first-order chi connectivity index (χ1) is 10.1. The molecule has 2 unspecified atom stereocenters. The second-order valence-electron chi connectivity index (χ2n) is 6.72. The summed E-state index contributed by atoms with van der Waals surface area (Å²) >= 11 is 0. The fourth-order valence-corrected chi connectivity index (χ4v) is 2.82. The molecule has 3 N–H and O–H groups in total. The average molecular weight is 291 g/mol. The molecule has 0 bridgehead atoms. The molecule has 1 saturated carbocycles. The highest BCUT2D eigenvalue weighted by atomic mass is 16.5. The molecule has 2 rings (SSSR count). The van der Waals surface area contributed by atoms with Gasteiger partial charge in [0.25, 0.3) is 0 Å². The monoisotopic (exact) mass is 291 g/mol. The number of aliphatic hydroxyl groups excluding tert-OH is 1. The van der Waals surface area contributed by atoms with E-state index in [0.29, 0.717) is 18.4 Å². The minimum atomic E-state index is -0.331. The molecular weight excluding hydrogens is 262 g/mol. The third-order valence-corrected chi connectivity index (χ3v) is 4.41. The third-order valence-electron chi connectivity index (χ3n) is 4.41. The van der Waals surface area contributed by atoms with Crippen LogP contribution in [0.15, 0.2) is 24.3 Å². The second-order valence-corrected chi connectivity index (χ2v) is 6.72. The molecular formula is C18H29NO2. The highest BCUT2D eigenvalue weighted by Gasteiger charge is 2.26.